The summed E-state index contributed by atoms with van der Waals surface area (Å²) in [5, 5.41) is 0. The smallest absolute Gasteiger partial charge is 0.298 e. The molecule has 1 aliphatic rings. The van der Waals surface area contributed by atoms with E-state index in [0.29, 0.717) is 0 Å². The molecule has 0 aromatic carbocycles. The molecule has 1 aliphatic carbocycles. The van der Waals surface area contributed by atoms with Crippen molar-refractivity contribution in [3.05, 3.63) is 0 Å². The lowest BCUT2D eigenvalue weighted by Crippen LogP contribution is -2.46. The van der Waals surface area contributed by atoms with E-state index in [2.05, 4.69) is 0 Å². The minimum atomic E-state index is -4.07. The van der Waals surface area contributed by atoms with Crippen molar-refractivity contribution >= 4 is 0 Å². The molecule has 78 valence electrons. The van der Waals surface area contributed by atoms with Crippen LogP contribution in [0.15, 0.2) is 0 Å². The number of hydrogen-bond donors (Lipinski definition) is 0. The fourth-order valence-electron chi connectivity index (χ4n) is 2.25. The molecule has 1 atom stereocenters. The summed E-state index contributed by atoms with van der Waals surface area (Å²) >= 11 is 0. The Labute approximate surface area is 76.9 Å². The summed E-state index contributed by atoms with van der Waals surface area (Å²) in [5.74, 6) is -0.185. The van der Waals surface area contributed by atoms with Crippen molar-refractivity contribution in [3.63, 3.8) is 0 Å². The van der Waals surface area contributed by atoms with Crippen molar-refractivity contribution in [3.8, 4) is 0 Å². The predicted molar refractivity (Wildman–Crippen MR) is 45.5 cm³/mol. The van der Waals surface area contributed by atoms with Gasteiger partial charge in [-0.1, -0.05) is 12.8 Å². The summed E-state index contributed by atoms with van der Waals surface area (Å²) in [6.45, 7) is 0. The number of rotatable bonds is 2. The maximum Gasteiger partial charge on any atom is 0.404 e. The van der Waals surface area contributed by atoms with E-state index in [1.165, 1.54) is 19.0 Å². The van der Waals surface area contributed by atoms with Crippen LogP contribution in [0, 0.1) is 5.92 Å². The van der Waals surface area contributed by atoms with Gasteiger partial charge in [0.1, 0.15) is 6.04 Å². The van der Waals surface area contributed by atoms with Crippen molar-refractivity contribution in [1.82, 2.24) is 4.90 Å². The monoisotopic (exact) mass is 195 g/mol. The quantitative estimate of drug-likeness (QED) is 0.654. The Morgan fingerprint density at radius 2 is 1.62 bits per heavy atom. The summed E-state index contributed by atoms with van der Waals surface area (Å²) < 4.78 is 37.7. The summed E-state index contributed by atoms with van der Waals surface area (Å²) in [7, 11) is 3.02. The van der Waals surface area contributed by atoms with Gasteiger partial charge in [-0.05, 0) is 32.9 Å². The minimum Gasteiger partial charge on any atom is -0.298 e. The van der Waals surface area contributed by atoms with Gasteiger partial charge >= 0.3 is 6.18 Å². The van der Waals surface area contributed by atoms with E-state index in [1.54, 1.807) is 0 Å². The van der Waals surface area contributed by atoms with Crippen LogP contribution in [0.5, 0.6) is 0 Å². The zero-order valence-electron chi connectivity index (χ0n) is 8.06. The van der Waals surface area contributed by atoms with Crippen LogP contribution in [0.1, 0.15) is 25.7 Å². The molecule has 1 unspecified atom stereocenters. The van der Waals surface area contributed by atoms with E-state index in [-0.39, 0.29) is 5.92 Å². The Kier molecular flexibility index (Phi) is 3.22. The molecule has 1 nitrogen and oxygen atoms in total. The van der Waals surface area contributed by atoms with Gasteiger partial charge in [0.25, 0.3) is 0 Å². The minimum absolute atomic E-state index is 0.185. The molecule has 13 heavy (non-hydrogen) atoms. The molecule has 4 heteroatoms. The Hall–Kier alpha value is -0.250. The molecule has 0 aromatic heterocycles. The standard InChI is InChI=1S/C9H16F3N/c1-13(2)8(9(10,11)12)7-5-3-4-6-7/h7-8H,3-6H2,1-2H3. The van der Waals surface area contributed by atoms with E-state index >= 15 is 0 Å². The third kappa shape index (κ3) is 2.59. The normalized spacial score (nSPS) is 22.6. The predicted octanol–water partition coefficient (Wildman–Crippen LogP) is 2.67. The first-order valence-corrected chi connectivity index (χ1v) is 4.66. The highest BCUT2D eigenvalue weighted by Crippen LogP contribution is 2.37. The molecule has 1 saturated carbocycles. The molecule has 0 aromatic rings. The fraction of sp³-hybridized carbons (Fsp3) is 1.00. The number of halogens is 3. The van der Waals surface area contributed by atoms with E-state index in [1.807, 2.05) is 0 Å². The largest absolute Gasteiger partial charge is 0.404 e. The Bertz CT molecular complexity index is 159. The van der Waals surface area contributed by atoms with Gasteiger partial charge in [0, 0.05) is 0 Å². The Balaban J connectivity index is 2.67. The first kappa shape index (κ1) is 10.8. The third-order valence-corrected chi connectivity index (χ3v) is 2.74. The molecule has 1 rings (SSSR count). The van der Waals surface area contributed by atoms with E-state index in [9.17, 15) is 13.2 Å². The van der Waals surface area contributed by atoms with Crippen LogP contribution in [0.25, 0.3) is 0 Å². The number of nitrogens with zero attached hydrogens (tertiary/aromatic N) is 1. The van der Waals surface area contributed by atoms with Crippen molar-refractivity contribution in [1.29, 1.82) is 0 Å². The highest BCUT2D eigenvalue weighted by molar-refractivity contribution is 4.85. The highest BCUT2D eigenvalue weighted by Gasteiger charge is 2.46. The Morgan fingerprint density at radius 1 is 1.15 bits per heavy atom. The van der Waals surface area contributed by atoms with E-state index in [0.717, 1.165) is 25.7 Å². The van der Waals surface area contributed by atoms with E-state index < -0.39 is 12.2 Å². The van der Waals surface area contributed by atoms with Crippen LogP contribution >= 0.6 is 0 Å². The second-order valence-corrected chi connectivity index (χ2v) is 3.99. The van der Waals surface area contributed by atoms with Gasteiger partial charge in [0.05, 0.1) is 0 Å². The Morgan fingerprint density at radius 3 is 1.92 bits per heavy atom. The maximum atomic E-state index is 12.6. The van der Waals surface area contributed by atoms with Gasteiger partial charge in [-0.3, -0.25) is 4.90 Å². The molecule has 1 fully saturated rings. The van der Waals surface area contributed by atoms with Crippen molar-refractivity contribution < 1.29 is 13.2 Å². The van der Waals surface area contributed by atoms with Crippen molar-refractivity contribution in [2.45, 2.75) is 37.9 Å². The third-order valence-electron chi connectivity index (χ3n) is 2.74. The molecular weight excluding hydrogens is 179 g/mol. The van der Waals surface area contributed by atoms with Gasteiger partial charge in [-0.25, -0.2) is 0 Å². The van der Waals surface area contributed by atoms with Gasteiger partial charge in [0.15, 0.2) is 0 Å². The zero-order chi connectivity index (χ0) is 10.1. The maximum absolute atomic E-state index is 12.6. The molecule has 0 N–H and O–H groups in total. The first-order valence-electron chi connectivity index (χ1n) is 4.66. The van der Waals surface area contributed by atoms with Crippen LogP contribution < -0.4 is 0 Å². The molecule has 0 aliphatic heterocycles. The molecule has 0 radical (unpaired) electrons. The van der Waals surface area contributed by atoms with E-state index in [4.69, 9.17) is 0 Å². The molecular formula is C9H16F3N. The van der Waals surface area contributed by atoms with Gasteiger partial charge in [-0.2, -0.15) is 13.2 Å². The van der Waals surface area contributed by atoms with Crippen LogP contribution in [-0.2, 0) is 0 Å². The highest BCUT2D eigenvalue weighted by atomic mass is 19.4. The average molecular weight is 195 g/mol. The van der Waals surface area contributed by atoms with Crippen molar-refractivity contribution in [2.24, 2.45) is 5.92 Å². The molecule has 0 bridgehead atoms. The lowest BCUT2D eigenvalue weighted by molar-refractivity contribution is -0.190. The van der Waals surface area contributed by atoms with Crippen LogP contribution in [0.3, 0.4) is 0 Å². The SMILES string of the molecule is CN(C)C(C1CCCC1)C(F)(F)F. The lowest BCUT2D eigenvalue weighted by Gasteiger charge is -2.31. The first-order chi connectivity index (χ1) is 5.93. The van der Waals surface area contributed by atoms with Crippen LogP contribution in [-0.4, -0.2) is 31.2 Å². The van der Waals surface area contributed by atoms with Crippen LogP contribution in [0.4, 0.5) is 13.2 Å². The topological polar surface area (TPSA) is 3.24 Å². The second-order valence-electron chi connectivity index (χ2n) is 3.99. The van der Waals surface area contributed by atoms with Crippen LogP contribution in [0.2, 0.25) is 0 Å². The van der Waals surface area contributed by atoms with Gasteiger partial charge in [0.2, 0.25) is 0 Å². The molecule has 0 saturated heterocycles. The average Bonchev–Trinajstić information content (AvgIpc) is 2.34. The molecule has 0 amide bonds. The molecule has 0 heterocycles. The summed E-state index contributed by atoms with van der Waals surface area (Å²) in [4.78, 5) is 1.30. The lowest BCUT2D eigenvalue weighted by atomic mass is 9.97. The summed E-state index contributed by atoms with van der Waals surface area (Å²) in [6.07, 6.45) is -0.723. The fourth-order valence-corrected chi connectivity index (χ4v) is 2.25. The summed E-state index contributed by atoms with van der Waals surface area (Å²) in [6, 6.07) is -1.24. The number of alkyl halides is 3. The zero-order valence-corrected chi connectivity index (χ0v) is 8.06. The van der Waals surface area contributed by atoms with Gasteiger partial charge < -0.3 is 0 Å². The van der Waals surface area contributed by atoms with Gasteiger partial charge in [-0.15, -0.1) is 0 Å². The summed E-state index contributed by atoms with van der Waals surface area (Å²) in [5.41, 5.74) is 0. The molecule has 0 spiro atoms. The van der Waals surface area contributed by atoms with Crippen molar-refractivity contribution in [2.75, 3.05) is 14.1 Å². The number of hydrogen-bond acceptors (Lipinski definition) is 1. The second kappa shape index (κ2) is 3.86.